The first-order valence-electron chi connectivity index (χ1n) is 7.01. The van der Waals surface area contributed by atoms with Crippen molar-refractivity contribution in [3.05, 3.63) is 40.4 Å². The number of hydrogen-bond acceptors (Lipinski definition) is 5. The molecule has 1 atom stereocenters. The van der Waals surface area contributed by atoms with Crippen LogP contribution in [0.3, 0.4) is 0 Å². The molecule has 1 aromatic heterocycles. The largest absolute Gasteiger partial charge is 0.494 e. The molecular weight excluding hydrogens is 270 g/mol. The first kappa shape index (κ1) is 14.9. The average Bonchev–Trinajstić information content (AvgIpc) is 2.87. The molecule has 1 heterocycles. The molecule has 2 rings (SSSR count). The molecule has 0 aliphatic carbocycles. The van der Waals surface area contributed by atoms with Crippen LogP contribution in [0.5, 0.6) is 5.75 Å². The van der Waals surface area contributed by atoms with Gasteiger partial charge in [0.1, 0.15) is 5.75 Å². The molecule has 1 aromatic carbocycles. The maximum atomic E-state index is 5.59. The van der Waals surface area contributed by atoms with Crippen LogP contribution in [0.2, 0.25) is 0 Å². The Morgan fingerprint density at radius 1 is 1.35 bits per heavy atom. The summed E-state index contributed by atoms with van der Waals surface area (Å²) < 4.78 is 9.65. The van der Waals surface area contributed by atoms with Crippen molar-refractivity contribution >= 4 is 11.5 Å². The van der Waals surface area contributed by atoms with Gasteiger partial charge in [0.2, 0.25) is 0 Å². The van der Waals surface area contributed by atoms with E-state index in [4.69, 9.17) is 4.74 Å². The van der Waals surface area contributed by atoms with Gasteiger partial charge < -0.3 is 10.1 Å². The van der Waals surface area contributed by atoms with E-state index in [1.165, 1.54) is 22.0 Å². The Hall–Kier alpha value is -1.46. The summed E-state index contributed by atoms with van der Waals surface area (Å²) in [4.78, 5) is 1.17. The van der Waals surface area contributed by atoms with Gasteiger partial charge in [-0.1, -0.05) is 23.5 Å². The first-order valence-corrected chi connectivity index (χ1v) is 7.78. The third-order valence-electron chi connectivity index (χ3n) is 3.05. The normalized spacial score (nSPS) is 12.3. The summed E-state index contributed by atoms with van der Waals surface area (Å²) in [5.74, 6) is 0.906. The van der Waals surface area contributed by atoms with E-state index < -0.39 is 0 Å². The Morgan fingerprint density at radius 2 is 2.20 bits per heavy atom. The van der Waals surface area contributed by atoms with Crippen molar-refractivity contribution in [2.45, 2.75) is 33.2 Å². The highest BCUT2D eigenvalue weighted by Crippen LogP contribution is 2.28. The molecule has 0 bridgehead atoms. The molecule has 0 amide bonds. The van der Waals surface area contributed by atoms with E-state index in [1.807, 2.05) is 26.0 Å². The standard InChI is InChI=1S/C15H21N3OS/c1-4-9-16-14(15-11(3)17-18-20-15)12-7-6-8-13(10-12)19-5-2/h6-8,10,14,16H,4-5,9H2,1-3H3. The first-order chi connectivity index (χ1) is 9.76. The SMILES string of the molecule is CCCNC(c1cccc(OCC)c1)c1snnc1C. The number of nitrogens with zero attached hydrogens (tertiary/aromatic N) is 2. The lowest BCUT2D eigenvalue weighted by Gasteiger charge is -2.18. The summed E-state index contributed by atoms with van der Waals surface area (Å²) in [6.07, 6.45) is 1.09. The minimum atomic E-state index is 0.135. The molecule has 0 aliphatic heterocycles. The van der Waals surface area contributed by atoms with Crippen LogP contribution in [0.1, 0.15) is 42.4 Å². The number of ether oxygens (including phenoxy) is 1. The van der Waals surface area contributed by atoms with Crippen LogP contribution in [0.15, 0.2) is 24.3 Å². The van der Waals surface area contributed by atoms with Gasteiger partial charge in [0.05, 0.1) is 23.2 Å². The molecular formula is C15H21N3OS. The molecule has 4 nitrogen and oxygen atoms in total. The topological polar surface area (TPSA) is 47.0 Å². The number of benzene rings is 1. The number of hydrogen-bond donors (Lipinski definition) is 1. The zero-order valence-corrected chi connectivity index (χ0v) is 13.0. The number of aryl methyl sites for hydroxylation is 1. The van der Waals surface area contributed by atoms with Crippen LogP contribution in [0, 0.1) is 6.92 Å². The Balaban J connectivity index is 2.31. The predicted molar refractivity (Wildman–Crippen MR) is 82.4 cm³/mol. The van der Waals surface area contributed by atoms with E-state index in [2.05, 4.69) is 34.0 Å². The average molecular weight is 291 g/mol. The van der Waals surface area contributed by atoms with E-state index >= 15 is 0 Å². The van der Waals surface area contributed by atoms with Crippen LogP contribution < -0.4 is 10.1 Å². The smallest absolute Gasteiger partial charge is 0.119 e. The fourth-order valence-corrected chi connectivity index (χ4v) is 2.85. The van der Waals surface area contributed by atoms with E-state index in [0.29, 0.717) is 6.61 Å². The molecule has 1 unspecified atom stereocenters. The highest BCUT2D eigenvalue weighted by Gasteiger charge is 2.19. The summed E-state index contributed by atoms with van der Waals surface area (Å²) in [7, 11) is 0. The third kappa shape index (κ3) is 3.55. The van der Waals surface area contributed by atoms with Gasteiger partial charge in [-0.05, 0) is 56.0 Å². The Kier molecular flexibility index (Phi) is 5.49. The van der Waals surface area contributed by atoms with Gasteiger partial charge in [-0.3, -0.25) is 0 Å². The minimum Gasteiger partial charge on any atom is -0.494 e. The van der Waals surface area contributed by atoms with Crippen molar-refractivity contribution < 1.29 is 4.74 Å². The van der Waals surface area contributed by atoms with Gasteiger partial charge in [0.25, 0.3) is 0 Å². The molecule has 0 radical (unpaired) electrons. The van der Waals surface area contributed by atoms with Crippen molar-refractivity contribution in [2.24, 2.45) is 0 Å². The van der Waals surface area contributed by atoms with Crippen LogP contribution in [0.4, 0.5) is 0 Å². The molecule has 0 spiro atoms. The Morgan fingerprint density at radius 3 is 2.85 bits per heavy atom. The van der Waals surface area contributed by atoms with Crippen molar-refractivity contribution in [3.63, 3.8) is 0 Å². The second-order valence-electron chi connectivity index (χ2n) is 4.62. The number of nitrogens with one attached hydrogen (secondary N) is 1. The Labute approximate surface area is 124 Å². The summed E-state index contributed by atoms with van der Waals surface area (Å²) in [6.45, 7) is 7.81. The lowest BCUT2D eigenvalue weighted by Crippen LogP contribution is -2.23. The molecule has 20 heavy (non-hydrogen) atoms. The van der Waals surface area contributed by atoms with Gasteiger partial charge in [-0.2, -0.15) is 0 Å². The number of aromatic nitrogens is 2. The van der Waals surface area contributed by atoms with Crippen LogP contribution >= 0.6 is 11.5 Å². The zero-order chi connectivity index (χ0) is 14.4. The van der Waals surface area contributed by atoms with E-state index in [0.717, 1.165) is 24.4 Å². The molecule has 108 valence electrons. The molecule has 0 aliphatic rings. The van der Waals surface area contributed by atoms with E-state index in [-0.39, 0.29) is 6.04 Å². The lowest BCUT2D eigenvalue weighted by molar-refractivity contribution is 0.339. The summed E-state index contributed by atoms with van der Waals surface area (Å²) in [5.41, 5.74) is 2.18. The van der Waals surface area contributed by atoms with Crippen molar-refractivity contribution in [2.75, 3.05) is 13.2 Å². The molecule has 1 N–H and O–H groups in total. The molecule has 0 fully saturated rings. The fourth-order valence-electron chi connectivity index (χ4n) is 2.10. The molecule has 0 saturated heterocycles. The van der Waals surface area contributed by atoms with Gasteiger partial charge in [-0.25, -0.2) is 0 Å². The van der Waals surface area contributed by atoms with E-state index in [1.54, 1.807) is 0 Å². The highest BCUT2D eigenvalue weighted by molar-refractivity contribution is 7.05. The second-order valence-corrected chi connectivity index (χ2v) is 5.40. The Bertz CT molecular complexity index is 541. The van der Waals surface area contributed by atoms with Crippen LogP contribution in [-0.4, -0.2) is 22.7 Å². The second kappa shape index (κ2) is 7.36. The van der Waals surface area contributed by atoms with Crippen molar-refractivity contribution in [1.82, 2.24) is 14.9 Å². The van der Waals surface area contributed by atoms with Crippen molar-refractivity contribution in [1.29, 1.82) is 0 Å². The highest BCUT2D eigenvalue weighted by atomic mass is 32.1. The van der Waals surface area contributed by atoms with Gasteiger partial charge in [0, 0.05) is 0 Å². The minimum absolute atomic E-state index is 0.135. The maximum absolute atomic E-state index is 5.59. The quantitative estimate of drug-likeness (QED) is 0.850. The van der Waals surface area contributed by atoms with Gasteiger partial charge >= 0.3 is 0 Å². The summed E-state index contributed by atoms with van der Waals surface area (Å²) in [6, 6.07) is 8.37. The summed E-state index contributed by atoms with van der Waals surface area (Å²) >= 11 is 1.46. The molecule has 5 heteroatoms. The van der Waals surface area contributed by atoms with Crippen LogP contribution in [-0.2, 0) is 0 Å². The fraction of sp³-hybridized carbons (Fsp3) is 0.467. The van der Waals surface area contributed by atoms with Crippen molar-refractivity contribution in [3.8, 4) is 5.75 Å². The van der Waals surface area contributed by atoms with Gasteiger partial charge in [-0.15, -0.1) is 5.10 Å². The van der Waals surface area contributed by atoms with E-state index in [9.17, 15) is 0 Å². The molecule has 0 saturated carbocycles. The van der Waals surface area contributed by atoms with Crippen LogP contribution in [0.25, 0.3) is 0 Å². The molecule has 2 aromatic rings. The lowest BCUT2D eigenvalue weighted by atomic mass is 10.0. The van der Waals surface area contributed by atoms with Gasteiger partial charge in [0.15, 0.2) is 0 Å². The zero-order valence-electron chi connectivity index (χ0n) is 12.2. The monoisotopic (exact) mass is 291 g/mol. The third-order valence-corrected chi connectivity index (χ3v) is 3.94. The predicted octanol–water partition coefficient (Wildman–Crippen LogP) is 3.33. The number of rotatable bonds is 7. The summed E-state index contributed by atoms with van der Waals surface area (Å²) in [5, 5.41) is 7.70. The maximum Gasteiger partial charge on any atom is 0.119 e.